The molecule has 0 spiro atoms. The highest BCUT2D eigenvalue weighted by molar-refractivity contribution is 6.03. The normalized spacial score (nSPS) is 14.8. The number of benzene rings is 1. The molecule has 0 saturated carbocycles. The highest BCUT2D eigenvalue weighted by atomic mass is 19.1. The van der Waals surface area contributed by atoms with E-state index in [1.807, 2.05) is 7.05 Å². The number of ether oxygens (including phenoxy) is 1. The molecule has 1 fully saturated rings. The summed E-state index contributed by atoms with van der Waals surface area (Å²) in [6, 6.07) is 10.9. The van der Waals surface area contributed by atoms with Crippen molar-refractivity contribution in [1.82, 2.24) is 34.3 Å². The van der Waals surface area contributed by atoms with E-state index in [4.69, 9.17) is 4.74 Å². The van der Waals surface area contributed by atoms with E-state index in [2.05, 4.69) is 30.5 Å². The Morgan fingerprint density at radius 3 is 2.47 bits per heavy atom. The third-order valence-corrected chi connectivity index (χ3v) is 7.75. The fourth-order valence-electron chi connectivity index (χ4n) is 5.29. The number of hydrogen-bond donors (Lipinski definition) is 2. The van der Waals surface area contributed by atoms with E-state index < -0.39 is 23.0 Å². The lowest BCUT2D eigenvalue weighted by molar-refractivity contribution is 0.0932. The SMILES string of the molecule is CC(C)n1cc(C(=O)Nc2ccc(Oc3ccnc4cnc(C(=O)N[C@@H]5CCN(C)C5)cc34)cn2)c(=O)n(-c2ccc(F)cc2)c1=O. The first kappa shape index (κ1) is 31.2. The van der Waals surface area contributed by atoms with Crippen LogP contribution < -0.4 is 26.6 Å². The number of hydrogen-bond acceptors (Lipinski definition) is 9. The first-order valence-electron chi connectivity index (χ1n) is 14.9. The molecule has 1 aliphatic heterocycles. The van der Waals surface area contributed by atoms with Gasteiger partial charge in [-0.05, 0) is 82.4 Å². The predicted molar refractivity (Wildman–Crippen MR) is 172 cm³/mol. The lowest BCUT2D eigenvalue weighted by Crippen LogP contribution is -2.42. The Bertz CT molecular complexity index is 2090. The number of rotatable bonds is 8. The molecule has 1 aromatic carbocycles. The van der Waals surface area contributed by atoms with Gasteiger partial charge >= 0.3 is 5.69 Å². The first-order valence-corrected chi connectivity index (χ1v) is 14.9. The summed E-state index contributed by atoms with van der Waals surface area (Å²) >= 11 is 0. The molecule has 2 amide bonds. The number of pyridine rings is 3. The van der Waals surface area contributed by atoms with Gasteiger partial charge in [0, 0.05) is 36.4 Å². The molecule has 1 aliphatic rings. The zero-order valence-corrected chi connectivity index (χ0v) is 25.8. The number of anilines is 1. The van der Waals surface area contributed by atoms with Crippen molar-refractivity contribution < 1.29 is 18.7 Å². The summed E-state index contributed by atoms with van der Waals surface area (Å²) in [4.78, 5) is 67.6. The van der Waals surface area contributed by atoms with Gasteiger partial charge in [0.2, 0.25) is 0 Å². The van der Waals surface area contributed by atoms with Crippen LogP contribution in [-0.4, -0.2) is 67.0 Å². The van der Waals surface area contributed by atoms with Crippen molar-refractivity contribution in [3.8, 4) is 17.2 Å². The second kappa shape index (κ2) is 12.9. The number of carbonyl (C=O) groups is 2. The highest BCUT2D eigenvalue weighted by Gasteiger charge is 2.23. The molecule has 240 valence electrons. The Hall–Kier alpha value is -5.76. The maximum Gasteiger partial charge on any atom is 0.335 e. The monoisotopic (exact) mass is 638 g/mol. The molecule has 13 nitrogen and oxygen atoms in total. The van der Waals surface area contributed by atoms with Crippen LogP contribution in [-0.2, 0) is 0 Å². The molecule has 0 aliphatic carbocycles. The quantitative estimate of drug-likeness (QED) is 0.260. The van der Waals surface area contributed by atoms with Gasteiger partial charge in [0.05, 0.1) is 23.6 Å². The average Bonchev–Trinajstić information content (AvgIpc) is 3.46. The standard InChI is InChI=1S/C33H31FN8O5/c1-19(2)41-18-25(32(45)42(33(41)46)22-6-4-20(34)5-7-22)30(43)39-29-9-8-23(15-37-29)47-28-10-12-35-27-16-36-26(14-24(27)28)31(44)38-21-11-13-40(3)17-21/h4-10,12,14-16,18-19,21H,11,13,17H2,1-3H3,(H,38,44)(H,37,39,43)/t21-/m1/s1. The minimum atomic E-state index is -0.862. The van der Waals surface area contributed by atoms with Crippen molar-refractivity contribution in [2.24, 2.45) is 0 Å². The minimum Gasteiger partial charge on any atom is -0.455 e. The third-order valence-electron chi connectivity index (χ3n) is 7.75. The van der Waals surface area contributed by atoms with Crippen molar-refractivity contribution in [2.45, 2.75) is 32.4 Å². The van der Waals surface area contributed by atoms with E-state index in [0.717, 1.165) is 36.2 Å². The summed E-state index contributed by atoms with van der Waals surface area (Å²) in [5.41, 5.74) is -0.936. The van der Waals surface area contributed by atoms with Gasteiger partial charge in [0.1, 0.15) is 34.4 Å². The summed E-state index contributed by atoms with van der Waals surface area (Å²) in [6.07, 6.45) is 6.53. The molecule has 4 aromatic heterocycles. The van der Waals surface area contributed by atoms with Gasteiger partial charge in [-0.25, -0.2) is 23.7 Å². The van der Waals surface area contributed by atoms with E-state index in [9.17, 15) is 23.6 Å². The number of likely N-dealkylation sites (tertiary alicyclic amines) is 1. The van der Waals surface area contributed by atoms with E-state index in [1.54, 1.807) is 38.2 Å². The van der Waals surface area contributed by atoms with E-state index in [0.29, 0.717) is 22.4 Å². The van der Waals surface area contributed by atoms with Crippen LogP contribution in [0.1, 0.15) is 47.2 Å². The molecule has 6 rings (SSSR count). The summed E-state index contributed by atoms with van der Waals surface area (Å²) in [5, 5.41) is 6.18. The van der Waals surface area contributed by atoms with Gasteiger partial charge in [-0.1, -0.05) is 0 Å². The minimum absolute atomic E-state index is 0.0533. The van der Waals surface area contributed by atoms with Crippen LogP contribution in [0.5, 0.6) is 11.5 Å². The fraction of sp³-hybridized carbons (Fsp3) is 0.242. The summed E-state index contributed by atoms with van der Waals surface area (Å²) < 4.78 is 21.7. The van der Waals surface area contributed by atoms with E-state index in [-0.39, 0.29) is 40.8 Å². The Balaban J connectivity index is 1.21. The average molecular weight is 639 g/mol. The highest BCUT2D eigenvalue weighted by Crippen LogP contribution is 2.29. The molecular weight excluding hydrogens is 607 g/mol. The summed E-state index contributed by atoms with van der Waals surface area (Å²) in [5.74, 6) is -0.728. The predicted octanol–water partition coefficient (Wildman–Crippen LogP) is 3.54. The molecule has 1 atom stereocenters. The number of nitrogens with one attached hydrogen (secondary N) is 2. The maximum absolute atomic E-state index is 13.5. The zero-order chi connectivity index (χ0) is 33.2. The number of likely N-dealkylation sites (N-methyl/N-ethyl adjacent to an activating group) is 1. The second-order valence-corrected chi connectivity index (χ2v) is 11.5. The Kier molecular flexibility index (Phi) is 8.59. The van der Waals surface area contributed by atoms with Crippen LogP contribution in [0.25, 0.3) is 16.6 Å². The van der Waals surface area contributed by atoms with Gasteiger partial charge in [-0.15, -0.1) is 0 Å². The largest absolute Gasteiger partial charge is 0.455 e. The van der Waals surface area contributed by atoms with Crippen molar-refractivity contribution in [3.05, 3.63) is 111 Å². The fourth-order valence-corrected chi connectivity index (χ4v) is 5.29. The lowest BCUT2D eigenvalue weighted by atomic mass is 10.2. The van der Waals surface area contributed by atoms with Crippen LogP contribution in [0.3, 0.4) is 0 Å². The molecule has 0 bridgehead atoms. The van der Waals surface area contributed by atoms with Crippen molar-refractivity contribution in [3.63, 3.8) is 0 Å². The van der Waals surface area contributed by atoms with Crippen LogP contribution in [0.2, 0.25) is 0 Å². The number of nitrogens with zero attached hydrogens (tertiary/aromatic N) is 6. The maximum atomic E-state index is 13.5. The van der Waals surface area contributed by atoms with Gasteiger partial charge in [-0.3, -0.25) is 23.9 Å². The Morgan fingerprint density at radius 2 is 1.79 bits per heavy atom. The second-order valence-electron chi connectivity index (χ2n) is 11.5. The van der Waals surface area contributed by atoms with Gasteiger partial charge in [-0.2, -0.15) is 0 Å². The lowest BCUT2D eigenvalue weighted by Gasteiger charge is -2.15. The smallest absolute Gasteiger partial charge is 0.335 e. The van der Waals surface area contributed by atoms with Crippen LogP contribution in [0.4, 0.5) is 10.2 Å². The van der Waals surface area contributed by atoms with Crippen molar-refractivity contribution >= 4 is 28.5 Å². The Morgan fingerprint density at radius 1 is 1.00 bits per heavy atom. The number of amides is 2. The van der Waals surface area contributed by atoms with Crippen molar-refractivity contribution in [1.29, 1.82) is 0 Å². The molecule has 5 heterocycles. The van der Waals surface area contributed by atoms with Crippen LogP contribution in [0, 0.1) is 5.82 Å². The molecular formula is C33H31FN8O5. The van der Waals surface area contributed by atoms with E-state index >= 15 is 0 Å². The molecule has 14 heteroatoms. The molecule has 47 heavy (non-hydrogen) atoms. The number of carbonyl (C=O) groups excluding carboxylic acids is 2. The van der Waals surface area contributed by atoms with Gasteiger partial charge in [0.25, 0.3) is 17.4 Å². The van der Waals surface area contributed by atoms with Crippen molar-refractivity contribution in [2.75, 3.05) is 25.5 Å². The Labute approximate surface area is 267 Å². The molecule has 1 saturated heterocycles. The zero-order valence-electron chi connectivity index (χ0n) is 25.8. The molecule has 5 aromatic rings. The van der Waals surface area contributed by atoms with Crippen LogP contribution in [0.15, 0.2) is 82.9 Å². The van der Waals surface area contributed by atoms with Gasteiger partial charge < -0.3 is 20.3 Å². The summed E-state index contributed by atoms with van der Waals surface area (Å²) in [6.45, 7) is 5.15. The number of aromatic nitrogens is 5. The number of fused-ring (bicyclic) bond motifs is 1. The van der Waals surface area contributed by atoms with E-state index in [1.165, 1.54) is 41.4 Å². The van der Waals surface area contributed by atoms with Gasteiger partial charge in [0.15, 0.2) is 0 Å². The molecule has 0 radical (unpaired) electrons. The first-order chi connectivity index (χ1) is 22.6. The third kappa shape index (κ3) is 6.63. The number of halogens is 1. The van der Waals surface area contributed by atoms with Crippen LogP contribution >= 0.6 is 0 Å². The topological polar surface area (TPSA) is 153 Å². The molecule has 0 unspecified atom stereocenters. The molecule has 2 N–H and O–H groups in total. The summed E-state index contributed by atoms with van der Waals surface area (Å²) in [7, 11) is 2.01.